The van der Waals surface area contributed by atoms with Crippen LogP contribution >= 0.6 is 0 Å². The molecule has 17 heavy (non-hydrogen) atoms. The van der Waals surface area contributed by atoms with Gasteiger partial charge in [-0.2, -0.15) is 0 Å². The van der Waals surface area contributed by atoms with Crippen LogP contribution in [0.1, 0.15) is 49.3 Å². The Bertz CT molecular complexity index is 529. The number of nitrogens with zero attached hydrogens (tertiary/aromatic N) is 2. The summed E-state index contributed by atoms with van der Waals surface area (Å²) < 4.78 is 2.24. The minimum absolute atomic E-state index is 0.551. The molecule has 0 bridgehead atoms. The van der Waals surface area contributed by atoms with Crippen LogP contribution in [-0.4, -0.2) is 9.55 Å². The standard InChI is InChI=1S/C15H18N2/c1-11-7-6-10-13-14(11)16-15(17(13)2)12-8-4-3-5-9-12/h3-4,6,8,10-11H,5,7,9H2,1-2H3. The first-order valence-corrected chi connectivity index (χ1v) is 6.36. The fourth-order valence-electron chi connectivity index (χ4n) is 2.66. The molecule has 1 unspecified atom stereocenters. The van der Waals surface area contributed by atoms with E-state index in [0.29, 0.717) is 5.92 Å². The van der Waals surface area contributed by atoms with Crippen molar-refractivity contribution in [1.29, 1.82) is 0 Å². The lowest BCUT2D eigenvalue weighted by atomic mass is 9.97. The van der Waals surface area contributed by atoms with Gasteiger partial charge in [0.05, 0.1) is 11.4 Å². The minimum Gasteiger partial charge on any atom is -0.328 e. The fraction of sp³-hybridized carbons (Fsp3) is 0.400. The third-order valence-electron chi connectivity index (χ3n) is 3.70. The molecule has 88 valence electrons. The van der Waals surface area contributed by atoms with Crippen molar-refractivity contribution >= 4 is 11.6 Å². The van der Waals surface area contributed by atoms with Gasteiger partial charge < -0.3 is 4.57 Å². The molecule has 1 heterocycles. The topological polar surface area (TPSA) is 17.8 Å². The second-order valence-electron chi connectivity index (χ2n) is 4.96. The monoisotopic (exact) mass is 226 g/mol. The Morgan fingerprint density at radius 1 is 1.35 bits per heavy atom. The van der Waals surface area contributed by atoms with Gasteiger partial charge in [-0.3, -0.25) is 0 Å². The molecule has 3 rings (SSSR count). The Morgan fingerprint density at radius 2 is 2.24 bits per heavy atom. The Morgan fingerprint density at radius 3 is 2.94 bits per heavy atom. The van der Waals surface area contributed by atoms with E-state index in [0.717, 1.165) is 25.1 Å². The van der Waals surface area contributed by atoms with E-state index in [-0.39, 0.29) is 0 Å². The predicted octanol–water partition coefficient (Wildman–Crippen LogP) is 3.67. The van der Waals surface area contributed by atoms with Crippen molar-refractivity contribution in [3.63, 3.8) is 0 Å². The third-order valence-corrected chi connectivity index (χ3v) is 3.70. The molecule has 0 fully saturated rings. The third kappa shape index (κ3) is 1.68. The molecular formula is C15H18N2. The summed E-state index contributed by atoms with van der Waals surface area (Å²) in [4.78, 5) is 4.86. The smallest absolute Gasteiger partial charge is 0.136 e. The highest BCUT2D eigenvalue weighted by molar-refractivity contribution is 5.66. The lowest BCUT2D eigenvalue weighted by Crippen LogP contribution is -2.02. The number of aromatic nitrogens is 2. The van der Waals surface area contributed by atoms with Crippen molar-refractivity contribution in [2.45, 2.75) is 32.1 Å². The molecule has 0 amide bonds. The summed E-state index contributed by atoms with van der Waals surface area (Å²) in [6, 6.07) is 0. The zero-order chi connectivity index (χ0) is 11.8. The first-order valence-electron chi connectivity index (χ1n) is 6.36. The van der Waals surface area contributed by atoms with Gasteiger partial charge in [-0.25, -0.2) is 4.98 Å². The molecule has 1 aromatic heterocycles. The van der Waals surface area contributed by atoms with E-state index in [4.69, 9.17) is 4.98 Å². The van der Waals surface area contributed by atoms with Crippen LogP contribution in [0, 0.1) is 0 Å². The molecule has 2 aliphatic rings. The highest BCUT2D eigenvalue weighted by Crippen LogP contribution is 2.32. The first-order chi connectivity index (χ1) is 8.27. The summed E-state index contributed by atoms with van der Waals surface area (Å²) in [5.41, 5.74) is 3.92. The van der Waals surface area contributed by atoms with Gasteiger partial charge in [-0.05, 0) is 30.9 Å². The van der Waals surface area contributed by atoms with Gasteiger partial charge in [-0.15, -0.1) is 0 Å². The van der Waals surface area contributed by atoms with Crippen molar-refractivity contribution in [3.8, 4) is 0 Å². The molecule has 0 aliphatic heterocycles. The maximum Gasteiger partial charge on any atom is 0.136 e. The van der Waals surface area contributed by atoms with E-state index in [2.05, 4.69) is 48.9 Å². The van der Waals surface area contributed by atoms with Crippen molar-refractivity contribution < 1.29 is 0 Å². The number of hydrogen-bond acceptors (Lipinski definition) is 1. The lowest BCUT2D eigenvalue weighted by molar-refractivity contribution is 0.741. The van der Waals surface area contributed by atoms with Crippen molar-refractivity contribution in [3.05, 3.63) is 41.5 Å². The summed E-state index contributed by atoms with van der Waals surface area (Å²) in [6.07, 6.45) is 14.4. The average molecular weight is 226 g/mol. The number of hydrogen-bond donors (Lipinski definition) is 0. The van der Waals surface area contributed by atoms with Gasteiger partial charge in [0.25, 0.3) is 0 Å². The van der Waals surface area contributed by atoms with Crippen molar-refractivity contribution in [2.24, 2.45) is 7.05 Å². The summed E-state index contributed by atoms with van der Waals surface area (Å²) in [7, 11) is 2.13. The van der Waals surface area contributed by atoms with Crippen LogP contribution in [0.2, 0.25) is 0 Å². The second kappa shape index (κ2) is 4.02. The number of rotatable bonds is 1. The van der Waals surface area contributed by atoms with Gasteiger partial charge in [0, 0.05) is 13.0 Å². The van der Waals surface area contributed by atoms with E-state index < -0.39 is 0 Å². The van der Waals surface area contributed by atoms with E-state index in [1.165, 1.54) is 17.0 Å². The Balaban J connectivity index is 2.10. The molecule has 0 spiro atoms. The fourth-order valence-corrected chi connectivity index (χ4v) is 2.66. The normalized spacial score (nSPS) is 22.5. The van der Waals surface area contributed by atoms with E-state index >= 15 is 0 Å². The summed E-state index contributed by atoms with van der Waals surface area (Å²) >= 11 is 0. The predicted molar refractivity (Wildman–Crippen MR) is 71.6 cm³/mol. The summed E-state index contributed by atoms with van der Waals surface area (Å²) in [5, 5.41) is 0. The molecule has 0 N–H and O–H groups in total. The SMILES string of the molecule is CC1CC=Cc2c1nc(C1=CC=CCC1)n2C. The molecule has 1 atom stereocenters. The summed E-state index contributed by atoms with van der Waals surface area (Å²) in [5.74, 6) is 1.70. The number of fused-ring (bicyclic) bond motifs is 1. The van der Waals surface area contributed by atoms with Crippen LogP contribution in [0.4, 0.5) is 0 Å². The van der Waals surface area contributed by atoms with Crippen LogP contribution in [0.5, 0.6) is 0 Å². The molecular weight excluding hydrogens is 208 g/mol. The average Bonchev–Trinajstić information content (AvgIpc) is 2.70. The number of imidazole rings is 1. The second-order valence-corrected chi connectivity index (χ2v) is 4.96. The molecule has 2 heteroatoms. The number of allylic oxidation sites excluding steroid dienone is 5. The van der Waals surface area contributed by atoms with E-state index in [1.54, 1.807) is 0 Å². The maximum absolute atomic E-state index is 4.86. The van der Waals surface area contributed by atoms with Gasteiger partial charge >= 0.3 is 0 Å². The quantitative estimate of drug-likeness (QED) is 0.714. The highest BCUT2D eigenvalue weighted by atomic mass is 15.1. The molecule has 1 aromatic rings. The first kappa shape index (κ1) is 10.6. The zero-order valence-corrected chi connectivity index (χ0v) is 10.5. The maximum atomic E-state index is 4.86. The molecule has 0 radical (unpaired) electrons. The molecule has 2 nitrogen and oxygen atoms in total. The van der Waals surface area contributed by atoms with Crippen molar-refractivity contribution in [2.75, 3.05) is 0 Å². The van der Waals surface area contributed by atoms with Gasteiger partial charge in [0.2, 0.25) is 0 Å². The molecule has 0 aromatic carbocycles. The van der Waals surface area contributed by atoms with Gasteiger partial charge in [0.15, 0.2) is 0 Å². The van der Waals surface area contributed by atoms with Gasteiger partial charge in [-0.1, -0.05) is 31.2 Å². The Kier molecular flexibility index (Phi) is 2.50. The molecule has 0 saturated carbocycles. The van der Waals surface area contributed by atoms with Crippen LogP contribution in [0.25, 0.3) is 11.6 Å². The van der Waals surface area contributed by atoms with E-state index in [1.807, 2.05) is 0 Å². The largest absolute Gasteiger partial charge is 0.328 e. The Labute approximate surface area is 102 Å². The molecule has 2 aliphatic carbocycles. The van der Waals surface area contributed by atoms with Crippen LogP contribution in [0.15, 0.2) is 24.3 Å². The van der Waals surface area contributed by atoms with Crippen LogP contribution < -0.4 is 0 Å². The molecule has 0 saturated heterocycles. The highest BCUT2D eigenvalue weighted by Gasteiger charge is 2.21. The van der Waals surface area contributed by atoms with Crippen LogP contribution in [0.3, 0.4) is 0 Å². The lowest BCUT2D eigenvalue weighted by Gasteiger charge is -2.12. The van der Waals surface area contributed by atoms with Crippen LogP contribution in [-0.2, 0) is 7.05 Å². The summed E-state index contributed by atoms with van der Waals surface area (Å²) in [6.45, 7) is 2.26. The van der Waals surface area contributed by atoms with Crippen molar-refractivity contribution in [1.82, 2.24) is 9.55 Å². The van der Waals surface area contributed by atoms with Gasteiger partial charge in [0.1, 0.15) is 5.82 Å². The van der Waals surface area contributed by atoms with E-state index in [9.17, 15) is 0 Å². The Hall–Kier alpha value is -1.57. The zero-order valence-electron chi connectivity index (χ0n) is 10.5. The minimum atomic E-state index is 0.551.